The summed E-state index contributed by atoms with van der Waals surface area (Å²) in [5.74, 6) is -0.377. The second-order valence-corrected chi connectivity index (χ2v) is 5.56. The lowest BCUT2D eigenvalue weighted by Crippen LogP contribution is -2.12. The molecule has 0 aliphatic carbocycles. The number of rotatable bonds is 6. The molecule has 0 aliphatic rings. The van der Waals surface area contributed by atoms with E-state index in [0.29, 0.717) is 5.82 Å². The minimum Gasteiger partial charge on any atom is -0.476 e. The maximum atomic E-state index is 12.2. The number of fused-ring (bicyclic) bond motifs is 1. The van der Waals surface area contributed by atoms with E-state index in [2.05, 4.69) is 19.9 Å². The molecule has 0 fully saturated rings. The number of carbonyl (C=O) groups is 1. The molecule has 1 aromatic carbocycles. The van der Waals surface area contributed by atoms with Gasteiger partial charge < -0.3 is 14.5 Å². The van der Waals surface area contributed by atoms with Crippen molar-refractivity contribution in [2.45, 2.75) is 20.8 Å². The van der Waals surface area contributed by atoms with Crippen molar-refractivity contribution in [3.05, 3.63) is 39.8 Å². The maximum absolute atomic E-state index is 12.2. The molecule has 140 valence electrons. The minimum absolute atomic E-state index is 0.0284. The van der Waals surface area contributed by atoms with Crippen LogP contribution >= 0.6 is 0 Å². The van der Waals surface area contributed by atoms with E-state index < -0.39 is 10.9 Å². The number of imidazole rings is 1. The largest absolute Gasteiger partial charge is 0.476 e. The van der Waals surface area contributed by atoms with Gasteiger partial charge in [-0.15, -0.1) is 0 Å². The third-order valence-corrected chi connectivity index (χ3v) is 3.65. The first-order valence-electron chi connectivity index (χ1n) is 8.26. The molecule has 1 N–H and O–H groups in total. The number of nitro groups is 1. The molecule has 0 amide bonds. The average Bonchev–Trinajstić information content (AvgIpc) is 3.06. The topological polar surface area (TPSA) is 133 Å². The first kappa shape index (κ1) is 18.2. The minimum atomic E-state index is -0.677. The van der Waals surface area contributed by atoms with Crippen LogP contribution in [0.1, 0.15) is 30.0 Å². The van der Waals surface area contributed by atoms with E-state index in [4.69, 9.17) is 9.47 Å². The molecule has 0 saturated carbocycles. The number of nitrogens with one attached hydrogen (secondary N) is 1. The Bertz CT molecular complexity index is 1030. The summed E-state index contributed by atoms with van der Waals surface area (Å²) in [5, 5.41) is 11.5. The number of H-pyrrole nitrogens is 1. The number of hydrogen-bond donors (Lipinski definition) is 1. The van der Waals surface area contributed by atoms with Crippen LogP contribution in [0.5, 0.6) is 5.88 Å². The number of esters is 1. The number of hydrogen-bond acceptors (Lipinski definition) is 8. The molecule has 0 spiro atoms. The second kappa shape index (κ2) is 7.36. The molecular formula is C17H17N5O5. The summed E-state index contributed by atoms with van der Waals surface area (Å²) in [7, 11) is 0. The van der Waals surface area contributed by atoms with Gasteiger partial charge in [-0.05, 0) is 26.8 Å². The Labute approximate surface area is 153 Å². The molecule has 27 heavy (non-hydrogen) atoms. The van der Waals surface area contributed by atoms with Gasteiger partial charge in [0.2, 0.25) is 11.6 Å². The van der Waals surface area contributed by atoms with Crippen molar-refractivity contribution in [3.8, 4) is 17.3 Å². The van der Waals surface area contributed by atoms with Crippen molar-refractivity contribution in [2.75, 3.05) is 13.2 Å². The van der Waals surface area contributed by atoms with E-state index in [9.17, 15) is 14.9 Å². The van der Waals surface area contributed by atoms with Gasteiger partial charge in [-0.2, -0.15) is 0 Å². The molecular weight excluding hydrogens is 354 g/mol. The number of ether oxygens (including phenoxy) is 2. The molecule has 0 atom stereocenters. The summed E-state index contributed by atoms with van der Waals surface area (Å²) in [4.78, 5) is 38.8. The van der Waals surface area contributed by atoms with Crippen LogP contribution in [0.25, 0.3) is 22.4 Å². The van der Waals surface area contributed by atoms with E-state index >= 15 is 0 Å². The quantitative estimate of drug-likeness (QED) is 0.397. The molecule has 10 heteroatoms. The van der Waals surface area contributed by atoms with Crippen LogP contribution in [0.3, 0.4) is 0 Å². The Kier molecular flexibility index (Phi) is 4.97. The molecule has 0 bridgehead atoms. The van der Waals surface area contributed by atoms with E-state index in [1.165, 1.54) is 12.1 Å². The van der Waals surface area contributed by atoms with E-state index in [0.717, 1.165) is 5.69 Å². The third kappa shape index (κ3) is 3.54. The highest BCUT2D eigenvalue weighted by Crippen LogP contribution is 2.32. The summed E-state index contributed by atoms with van der Waals surface area (Å²) >= 11 is 0. The zero-order valence-corrected chi connectivity index (χ0v) is 15.0. The normalized spacial score (nSPS) is 10.8. The number of aryl methyl sites for hydroxylation is 1. The fourth-order valence-corrected chi connectivity index (χ4v) is 2.54. The number of carbonyl (C=O) groups excluding carboxylic acids is 1. The van der Waals surface area contributed by atoms with Crippen molar-refractivity contribution < 1.29 is 19.2 Å². The summed E-state index contributed by atoms with van der Waals surface area (Å²) in [6.45, 7) is 5.61. The van der Waals surface area contributed by atoms with Crippen LogP contribution in [-0.4, -0.2) is 44.0 Å². The third-order valence-electron chi connectivity index (χ3n) is 3.65. The lowest BCUT2D eigenvalue weighted by atomic mass is 10.1. The summed E-state index contributed by atoms with van der Waals surface area (Å²) in [5.41, 5.74) is 1.25. The zero-order valence-electron chi connectivity index (χ0n) is 15.0. The molecule has 10 nitrogen and oxygen atoms in total. The fourth-order valence-electron chi connectivity index (χ4n) is 2.54. The van der Waals surface area contributed by atoms with Crippen molar-refractivity contribution in [1.82, 2.24) is 19.9 Å². The average molecular weight is 371 g/mol. The number of aromatic nitrogens is 4. The molecule has 0 radical (unpaired) electrons. The van der Waals surface area contributed by atoms with Crippen LogP contribution in [0.2, 0.25) is 0 Å². The molecule has 3 rings (SSSR count). The second-order valence-electron chi connectivity index (χ2n) is 5.56. The summed E-state index contributed by atoms with van der Waals surface area (Å²) in [6.07, 6.45) is 1.57. The van der Waals surface area contributed by atoms with Crippen LogP contribution in [0, 0.1) is 17.0 Å². The van der Waals surface area contributed by atoms with E-state index in [1.54, 1.807) is 27.0 Å². The molecule has 3 aromatic rings. The highest BCUT2D eigenvalue weighted by Gasteiger charge is 2.24. The predicted octanol–water partition coefficient (Wildman–Crippen LogP) is 2.81. The van der Waals surface area contributed by atoms with Gasteiger partial charge in [0.1, 0.15) is 5.82 Å². The van der Waals surface area contributed by atoms with Crippen LogP contribution in [0.4, 0.5) is 5.69 Å². The zero-order chi connectivity index (χ0) is 19.6. The van der Waals surface area contributed by atoms with Gasteiger partial charge in [0, 0.05) is 18.0 Å². The monoisotopic (exact) mass is 371 g/mol. The Morgan fingerprint density at radius 1 is 1.22 bits per heavy atom. The van der Waals surface area contributed by atoms with Gasteiger partial charge in [0.15, 0.2) is 0 Å². The van der Waals surface area contributed by atoms with Gasteiger partial charge >= 0.3 is 5.97 Å². The number of aromatic amines is 1. The van der Waals surface area contributed by atoms with Crippen LogP contribution < -0.4 is 4.74 Å². The van der Waals surface area contributed by atoms with Crippen molar-refractivity contribution in [1.29, 1.82) is 0 Å². The van der Waals surface area contributed by atoms with Crippen molar-refractivity contribution in [3.63, 3.8) is 0 Å². The first-order chi connectivity index (χ1) is 12.9. The molecule has 0 saturated heterocycles. The van der Waals surface area contributed by atoms with Gasteiger partial charge in [-0.3, -0.25) is 10.1 Å². The Morgan fingerprint density at radius 3 is 2.56 bits per heavy atom. The Hall–Kier alpha value is -3.56. The van der Waals surface area contributed by atoms with Crippen molar-refractivity contribution in [2.24, 2.45) is 0 Å². The molecule has 0 unspecified atom stereocenters. The van der Waals surface area contributed by atoms with Crippen molar-refractivity contribution >= 4 is 22.7 Å². The van der Waals surface area contributed by atoms with Gasteiger partial charge in [0.25, 0.3) is 5.69 Å². The molecule has 2 aromatic heterocycles. The van der Waals surface area contributed by atoms with Gasteiger partial charge in [-0.1, -0.05) is 0 Å². The standard InChI is InChI=1S/C17H17N5O5/c1-4-26-16-14(17(23)27-5-2)20-11-6-10(15-18-8-9(3)19-15)13(22(24)25)7-12(11)21-16/h6-8H,4-5H2,1-3H3,(H,18,19). The summed E-state index contributed by atoms with van der Waals surface area (Å²) < 4.78 is 10.4. The van der Waals surface area contributed by atoms with Crippen LogP contribution in [-0.2, 0) is 4.74 Å². The SMILES string of the molecule is CCOC(=O)c1nc2cc(-c3ncc(C)[nH]3)c([N+](=O)[O-])cc2nc1OCC. The fraction of sp³-hybridized carbons (Fsp3) is 0.294. The number of nitrogens with zero attached hydrogens (tertiary/aromatic N) is 4. The lowest BCUT2D eigenvalue weighted by molar-refractivity contribution is -0.384. The van der Waals surface area contributed by atoms with Gasteiger partial charge in [0.05, 0.1) is 34.7 Å². The first-order valence-corrected chi connectivity index (χ1v) is 8.26. The predicted molar refractivity (Wildman–Crippen MR) is 95.6 cm³/mol. The highest BCUT2D eigenvalue weighted by molar-refractivity contribution is 5.94. The number of nitro benzene ring substituents is 1. The summed E-state index contributed by atoms with van der Waals surface area (Å²) in [6, 6.07) is 2.75. The van der Waals surface area contributed by atoms with Crippen LogP contribution in [0.15, 0.2) is 18.3 Å². The smallest absolute Gasteiger partial charge is 0.362 e. The Balaban J connectivity index is 2.26. The van der Waals surface area contributed by atoms with Gasteiger partial charge in [-0.25, -0.2) is 19.7 Å². The highest BCUT2D eigenvalue weighted by atomic mass is 16.6. The lowest BCUT2D eigenvalue weighted by Gasteiger charge is -2.10. The molecule has 0 aliphatic heterocycles. The number of benzene rings is 1. The maximum Gasteiger partial charge on any atom is 0.362 e. The van der Waals surface area contributed by atoms with E-state index in [1.807, 2.05) is 0 Å². The molecule has 2 heterocycles. The van der Waals surface area contributed by atoms with E-state index in [-0.39, 0.29) is 47.1 Å². The Morgan fingerprint density at radius 2 is 1.96 bits per heavy atom.